The molecule has 0 radical (unpaired) electrons. The summed E-state index contributed by atoms with van der Waals surface area (Å²) >= 11 is 11.9. The lowest BCUT2D eigenvalue weighted by molar-refractivity contribution is 0.133. The number of piperidine rings is 1. The molecule has 1 aromatic carbocycles. The molecule has 2 aliphatic rings. The minimum Gasteiger partial charge on any atom is -0.465 e. The van der Waals surface area contributed by atoms with E-state index in [1.807, 2.05) is 6.07 Å². The molecule has 3 rings (SSSR count). The van der Waals surface area contributed by atoms with Gasteiger partial charge in [-0.2, -0.15) is 5.26 Å². The predicted molar refractivity (Wildman–Crippen MR) is 74.9 cm³/mol. The van der Waals surface area contributed by atoms with E-state index in [4.69, 9.17) is 28.3 Å². The molecule has 20 heavy (non-hydrogen) atoms. The van der Waals surface area contributed by atoms with Gasteiger partial charge in [-0.15, -0.1) is 0 Å². The van der Waals surface area contributed by atoms with Gasteiger partial charge in [0.2, 0.25) is 0 Å². The second kappa shape index (κ2) is 4.54. The lowest BCUT2D eigenvalue weighted by Gasteiger charge is -2.22. The first-order valence-corrected chi connectivity index (χ1v) is 7.11. The predicted octanol–water partition coefficient (Wildman–Crippen LogP) is 3.38. The Labute approximate surface area is 126 Å². The van der Waals surface area contributed by atoms with Crippen LogP contribution >= 0.6 is 23.2 Å². The van der Waals surface area contributed by atoms with Crippen molar-refractivity contribution >= 4 is 29.3 Å². The van der Waals surface area contributed by atoms with Crippen LogP contribution in [-0.4, -0.2) is 29.2 Å². The third kappa shape index (κ3) is 1.77. The van der Waals surface area contributed by atoms with E-state index in [9.17, 15) is 10.1 Å². The first-order chi connectivity index (χ1) is 9.50. The topological polar surface area (TPSA) is 64.3 Å². The first-order valence-electron chi connectivity index (χ1n) is 6.35. The van der Waals surface area contributed by atoms with Crippen LogP contribution in [-0.2, 0) is 5.41 Å². The molecule has 3 atom stereocenters. The number of nitriles is 1. The maximum absolute atomic E-state index is 11.1. The molecule has 0 bridgehead atoms. The zero-order valence-corrected chi connectivity index (χ0v) is 12.0. The lowest BCUT2D eigenvalue weighted by atomic mass is 9.93. The van der Waals surface area contributed by atoms with Gasteiger partial charge in [0.25, 0.3) is 0 Å². The normalized spacial score (nSPS) is 31.4. The highest BCUT2D eigenvalue weighted by atomic mass is 35.5. The van der Waals surface area contributed by atoms with Crippen molar-refractivity contribution in [2.45, 2.75) is 11.8 Å². The molecular weight excluding hydrogens is 299 g/mol. The van der Waals surface area contributed by atoms with Crippen LogP contribution in [0.4, 0.5) is 4.79 Å². The van der Waals surface area contributed by atoms with Gasteiger partial charge in [-0.25, -0.2) is 4.79 Å². The maximum Gasteiger partial charge on any atom is 0.407 e. The van der Waals surface area contributed by atoms with E-state index < -0.39 is 11.5 Å². The van der Waals surface area contributed by atoms with Gasteiger partial charge in [0.1, 0.15) is 0 Å². The second-order valence-corrected chi connectivity index (χ2v) is 6.15. The summed E-state index contributed by atoms with van der Waals surface area (Å²) in [6.07, 6.45) is -0.207. The van der Waals surface area contributed by atoms with Crippen LogP contribution in [0.2, 0.25) is 10.0 Å². The average molecular weight is 311 g/mol. The standard InChI is InChI=1S/C14H12Cl2N2O2/c15-11-2-1-8(5-12(11)16)14(7-17)9-3-4-18(13(19)20)6-10(9)14/h1-2,5,9-10H,3-4,6H2,(H,19,20)/t9-,10?,14+/m0/s1. The zero-order chi connectivity index (χ0) is 14.5. The van der Waals surface area contributed by atoms with Crippen LogP contribution < -0.4 is 0 Å². The molecule has 2 fully saturated rings. The van der Waals surface area contributed by atoms with E-state index in [1.54, 1.807) is 12.1 Å². The summed E-state index contributed by atoms with van der Waals surface area (Å²) < 4.78 is 0. The summed E-state index contributed by atoms with van der Waals surface area (Å²) in [5.41, 5.74) is 0.231. The van der Waals surface area contributed by atoms with Gasteiger partial charge < -0.3 is 10.0 Å². The fourth-order valence-corrected chi connectivity index (χ4v) is 3.75. The number of carboxylic acid groups (broad SMARTS) is 1. The molecule has 0 aromatic heterocycles. The number of halogens is 2. The second-order valence-electron chi connectivity index (χ2n) is 5.34. The van der Waals surface area contributed by atoms with Crippen molar-refractivity contribution in [2.75, 3.05) is 13.1 Å². The van der Waals surface area contributed by atoms with Crippen molar-refractivity contribution in [2.24, 2.45) is 11.8 Å². The molecular formula is C14H12Cl2N2O2. The van der Waals surface area contributed by atoms with Gasteiger partial charge in [-0.3, -0.25) is 0 Å². The molecule has 1 heterocycles. The Morgan fingerprint density at radius 3 is 2.75 bits per heavy atom. The highest BCUT2D eigenvalue weighted by Crippen LogP contribution is 2.63. The van der Waals surface area contributed by atoms with E-state index in [0.29, 0.717) is 29.6 Å². The van der Waals surface area contributed by atoms with Crippen molar-refractivity contribution in [1.82, 2.24) is 4.90 Å². The summed E-state index contributed by atoms with van der Waals surface area (Å²) in [5.74, 6) is 0.259. The van der Waals surface area contributed by atoms with Gasteiger partial charge in [0.15, 0.2) is 0 Å². The number of hydrogen-bond donors (Lipinski definition) is 1. The van der Waals surface area contributed by atoms with Gasteiger partial charge in [-0.1, -0.05) is 29.3 Å². The van der Waals surface area contributed by atoms with Crippen molar-refractivity contribution in [3.05, 3.63) is 33.8 Å². The molecule has 1 saturated heterocycles. The van der Waals surface area contributed by atoms with Gasteiger partial charge in [0.05, 0.1) is 21.5 Å². The van der Waals surface area contributed by atoms with Crippen LogP contribution in [0.1, 0.15) is 12.0 Å². The molecule has 1 N–H and O–H groups in total. The quantitative estimate of drug-likeness (QED) is 0.864. The monoisotopic (exact) mass is 310 g/mol. The van der Waals surface area contributed by atoms with E-state index in [0.717, 1.165) is 5.56 Å². The SMILES string of the molecule is N#C[C@]1(c2ccc(Cl)c(Cl)c2)C2CN(C(=O)O)CC[C@@H]21. The molecule has 1 saturated carbocycles. The summed E-state index contributed by atoms with van der Waals surface area (Å²) in [6.45, 7) is 0.898. The van der Waals surface area contributed by atoms with Crippen molar-refractivity contribution in [3.63, 3.8) is 0 Å². The molecule has 104 valence electrons. The summed E-state index contributed by atoms with van der Waals surface area (Å²) in [4.78, 5) is 12.4. The number of likely N-dealkylation sites (tertiary alicyclic amines) is 1. The molecule has 1 amide bonds. The van der Waals surface area contributed by atoms with Crippen LogP contribution in [0.25, 0.3) is 0 Å². The van der Waals surface area contributed by atoms with Crippen molar-refractivity contribution in [1.29, 1.82) is 5.26 Å². The van der Waals surface area contributed by atoms with Gasteiger partial charge >= 0.3 is 6.09 Å². The number of carbonyl (C=O) groups is 1. The first kappa shape index (κ1) is 13.5. The highest BCUT2D eigenvalue weighted by Gasteiger charge is 2.67. The average Bonchev–Trinajstić information content (AvgIpc) is 3.10. The van der Waals surface area contributed by atoms with Gasteiger partial charge in [-0.05, 0) is 30.0 Å². The van der Waals surface area contributed by atoms with E-state index in [1.165, 1.54) is 4.90 Å². The molecule has 4 nitrogen and oxygen atoms in total. The Kier molecular flexibility index (Phi) is 3.07. The fourth-order valence-electron chi connectivity index (χ4n) is 3.45. The Bertz CT molecular complexity index is 628. The third-order valence-corrected chi connectivity index (χ3v) is 5.27. The number of hydrogen-bond acceptors (Lipinski definition) is 2. The Morgan fingerprint density at radius 1 is 1.40 bits per heavy atom. The van der Waals surface area contributed by atoms with E-state index in [2.05, 4.69) is 6.07 Å². The molecule has 0 spiro atoms. The van der Waals surface area contributed by atoms with E-state index >= 15 is 0 Å². The van der Waals surface area contributed by atoms with E-state index in [-0.39, 0.29) is 11.8 Å². The van der Waals surface area contributed by atoms with Crippen LogP contribution in [0.15, 0.2) is 18.2 Å². The lowest BCUT2D eigenvalue weighted by Crippen LogP contribution is -2.35. The largest absolute Gasteiger partial charge is 0.465 e. The number of amides is 1. The summed E-state index contributed by atoms with van der Waals surface area (Å²) in [5, 5.41) is 19.6. The number of fused-ring (bicyclic) bond motifs is 1. The molecule has 6 heteroatoms. The van der Waals surface area contributed by atoms with Crippen LogP contribution in [0, 0.1) is 23.2 Å². The van der Waals surface area contributed by atoms with Crippen LogP contribution in [0.3, 0.4) is 0 Å². The molecule has 1 unspecified atom stereocenters. The summed E-state index contributed by atoms with van der Waals surface area (Å²) in [6, 6.07) is 7.64. The fraction of sp³-hybridized carbons (Fsp3) is 0.429. The smallest absolute Gasteiger partial charge is 0.407 e. The Morgan fingerprint density at radius 2 is 2.15 bits per heavy atom. The Balaban J connectivity index is 1.94. The summed E-state index contributed by atoms with van der Waals surface area (Å²) in [7, 11) is 0. The highest BCUT2D eigenvalue weighted by molar-refractivity contribution is 6.42. The molecule has 1 aliphatic carbocycles. The minimum absolute atomic E-state index is 0.0505. The van der Waals surface area contributed by atoms with Crippen LogP contribution in [0.5, 0.6) is 0 Å². The number of benzene rings is 1. The third-order valence-electron chi connectivity index (χ3n) is 4.53. The molecule has 1 aliphatic heterocycles. The number of nitrogens with zero attached hydrogens (tertiary/aromatic N) is 2. The minimum atomic E-state index is -0.920. The Hall–Kier alpha value is -1.44. The zero-order valence-electron chi connectivity index (χ0n) is 10.5. The number of rotatable bonds is 1. The van der Waals surface area contributed by atoms with Crippen molar-refractivity contribution < 1.29 is 9.90 Å². The molecule has 1 aromatic rings. The van der Waals surface area contributed by atoms with Crippen molar-refractivity contribution in [3.8, 4) is 6.07 Å². The van der Waals surface area contributed by atoms with Gasteiger partial charge in [0, 0.05) is 19.0 Å². The maximum atomic E-state index is 11.1.